The standard InChI is InChI=1S/C21H23N3O5/c1-3-29-16-7-4-13(5-8-16)10-15(20(26)27)12-22-19(25)14-6-9-17-18(11-14)24(2)21(28)23-17/h4-9,11,15H,3,10,12H2,1-2H3,(H,22,25)(H,23,28)(H,26,27). The number of hydrogen-bond acceptors (Lipinski definition) is 4. The van der Waals surface area contributed by atoms with Gasteiger partial charge in [0.25, 0.3) is 5.91 Å². The van der Waals surface area contributed by atoms with Crippen LogP contribution in [-0.4, -0.2) is 39.7 Å². The van der Waals surface area contributed by atoms with E-state index in [1.54, 1.807) is 37.4 Å². The van der Waals surface area contributed by atoms with Gasteiger partial charge in [0.05, 0.1) is 23.6 Å². The van der Waals surface area contributed by atoms with Crippen molar-refractivity contribution < 1.29 is 19.4 Å². The fraction of sp³-hybridized carbons (Fsp3) is 0.286. The minimum Gasteiger partial charge on any atom is -0.494 e. The summed E-state index contributed by atoms with van der Waals surface area (Å²) in [7, 11) is 1.61. The number of carbonyl (C=O) groups is 2. The number of carbonyl (C=O) groups excluding carboxylic acids is 1. The molecule has 0 spiro atoms. The number of hydrogen-bond donors (Lipinski definition) is 3. The Balaban J connectivity index is 1.66. The number of imidazole rings is 1. The molecule has 8 nitrogen and oxygen atoms in total. The molecule has 0 saturated heterocycles. The average molecular weight is 397 g/mol. The Bertz CT molecular complexity index is 1080. The molecule has 0 aliphatic rings. The third kappa shape index (κ3) is 4.66. The van der Waals surface area contributed by atoms with Crippen molar-refractivity contribution in [3.05, 3.63) is 64.1 Å². The molecule has 0 bridgehead atoms. The molecule has 0 radical (unpaired) electrons. The van der Waals surface area contributed by atoms with E-state index in [4.69, 9.17) is 4.74 Å². The van der Waals surface area contributed by atoms with Gasteiger partial charge in [-0.3, -0.25) is 14.2 Å². The molecule has 3 N–H and O–H groups in total. The number of H-pyrrole nitrogens is 1. The first-order valence-electron chi connectivity index (χ1n) is 9.30. The van der Waals surface area contributed by atoms with E-state index < -0.39 is 17.8 Å². The van der Waals surface area contributed by atoms with Crippen molar-refractivity contribution in [1.82, 2.24) is 14.9 Å². The van der Waals surface area contributed by atoms with Gasteiger partial charge < -0.3 is 20.1 Å². The van der Waals surface area contributed by atoms with Crippen LogP contribution in [0.1, 0.15) is 22.8 Å². The zero-order chi connectivity index (χ0) is 21.0. The molecule has 152 valence electrons. The molecule has 1 unspecified atom stereocenters. The van der Waals surface area contributed by atoms with E-state index in [2.05, 4.69) is 10.3 Å². The van der Waals surface area contributed by atoms with E-state index in [1.165, 1.54) is 4.57 Å². The largest absolute Gasteiger partial charge is 0.494 e. The zero-order valence-corrected chi connectivity index (χ0v) is 16.3. The van der Waals surface area contributed by atoms with Crippen LogP contribution in [-0.2, 0) is 18.3 Å². The van der Waals surface area contributed by atoms with Gasteiger partial charge in [-0.25, -0.2) is 4.79 Å². The Morgan fingerprint density at radius 1 is 1.21 bits per heavy atom. The summed E-state index contributed by atoms with van der Waals surface area (Å²) in [5.41, 5.74) is 2.18. The van der Waals surface area contributed by atoms with E-state index in [0.29, 0.717) is 23.2 Å². The lowest BCUT2D eigenvalue weighted by Gasteiger charge is -2.14. The molecule has 3 rings (SSSR count). The van der Waals surface area contributed by atoms with Crippen LogP contribution in [0.3, 0.4) is 0 Å². The number of ether oxygens (including phenoxy) is 1. The van der Waals surface area contributed by atoms with Crippen LogP contribution in [0.4, 0.5) is 0 Å². The fourth-order valence-electron chi connectivity index (χ4n) is 3.10. The molecular formula is C21H23N3O5. The molecule has 2 aromatic carbocycles. The highest BCUT2D eigenvalue weighted by Crippen LogP contribution is 2.16. The third-order valence-corrected chi connectivity index (χ3v) is 4.74. The second kappa shape index (κ2) is 8.64. The average Bonchev–Trinajstić information content (AvgIpc) is 2.99. The van der Waals surface area contributed by atoms with Crippen LogP contribution in [0.5, 0.6) is 5.75 Å². The zero-order valence-electron chi connectivity index (χ0n) is 16.3. The smallest absolute Gasteiger partial charge is 0.326 e. The topological polar surface area (TPSA) is 113 Å². The van der Waals surface area contributed by atoms with Gasteiger partial charge in [-0.1, -0.05) is 12.1 Å². The SMILES string of the molecule is CCOc1ccc(CC(CNC(=O)c2ccc3[nH]c(=O)n(C)c3c2)C(=O)O)cc1. The maximum Gasteiger partial charge on any atom is 0.326 e. The maximum atomic E-state index is 12.5. The van der Waals surface area contributed by atoms with Crippen molar-refractivity contribution in [3.8, 4) is 5.75 Å². The lowest BCUT2D eigenvalue weighted by atomic mass is 9.99. The fourth-order valence-corrected chi connectivity index (χ4v) is 3.10. The highest BCUT2D eigenvalue weighted by molar-refractivity contribution is 5.97. The first-order chi connectivity index (χ1) is 13.9. The lowest BCUT2D eigenvalue weighted by Crippen LogP contribution is -2.34. The molecule has 0 aliphatic heterocycles. The summed E-state index contributed by atoms with van der Waals surface area (Å²) in [5, 5.41) is 12.2. The van der Waals surface area contributed by atoms with Crippen molar-refractivity contribution in [1.29, 1.82) is 0 Å². The van der Waals surface area contributed by atoms with Gasteiger partial charge in [0.1, 0.15) is 5.75 Å². The minimum atomic E-state index is -0.984. The summed E-state index contributed by atoms with van der Waals surface area (Å²) in [4.78, 5) is 38.5. The molecule has 29 heavy (non-hydrogen) atoms. The summed E-state index contributed by atoms with van der Waals surface area (Å²) in [6.07, 6.45) is 0.285. The van der Waals surface area contributed by atoms with Crippen LogP contribution in [0, 0.1) is 5.92 Å². The summed E-state index contributed by atoms with van der Waals surface area (Å²) < 4.78 is 6.80. The Hall–Kier alpha value is -3.55. The highest BCUT2D eigenvalue weighted by Gasteiger charge is 2.20. The van der Waals surface area contributed by atoms with Crippen LogP contribution in [0.15, 0.2) is 47.3 Å². The Morgan fingerprint density at radius 3 is 2.59 bits per heavy atom. The van der Waals surface area contributed by atoms with Gasteiger partial charge in [0.2, 0.25) is 0 Å². The summed E-state index contributed by atoms with van der Waals surface area (Å²) in [6, 6.07) is 12.1. The normalized spacial score (nSPS) is 11.9. The van der Waals surface area contributed by atoms with Crippen LogP contribution in [0.2, 0.25) is 0 Å². The Kier molecular flexibility index (Phi) is 6.01. The van der Waals surface area contributed by atoms with Gasteiger partial charge in [-0.2, -0.15) is 0 Å². The van der Waals surface area contributed by atoms with Crippen LogP contribution in [0.25, 0.3) is 11.0 Å². The molecule has 0 aliphatic carbocycles. The monoisotopic (exact) mass is 397 g/mol. The maximum absolute atomic E-state index is 12.5. The van der Waals surface area contributed by atoms with E-state index in [1.807, 2.05) is 19.1 Å². The van der Waals surface area contributed by atoms with E-state index in [-0.39, 0.29) is 18.7 Å². The van der Waals surface area contributed by atoms with Gasteiger partial charge in [-0.15, -0.1) is 0 Å². The number of aromatic amines is 1. The number of amides is 1. The molecule has 1 aromatic heterocycles. The summed E-state index contributed by atoms with van der Waals surface area (Å²) >= 11 is 0. The molecule has 1 heterocycles. The van der Waals surface area contributed by atoms with Crippen molar-refractivity contribution in [3.63, 3.8) is 0 Å². The predicted octanol–water partition coefficient (Wildman–Crippen LogP) is 1.94. The minimum absolute atomic E-state index is 0.00845. The van der Waals surface area contributed by atoms with E-state index in [0.717, 1.165) is 11.3 Å². The number of rotatable bonds is 8. The first-order valence-corrected chi connectivity index (χ1v) is 9.30. The highest BCUT2D eigenvalue weighted by atomic mass is 16.5. The van der Waals surface area contributed by atoms with Crippen molar-refractivity contribution in [2.24, 2.45) is 13.0 Å². The van der Waals surface area contributed by atoms with Gasteiger partial charge in [0.15, 0.2) is 0 Å². The second-order valence-electron chi connectivity index (χ2n) is 6.75. The number of carboxylic acids is 1. The van der Waals surface area contributed by atoms with E-state index in [9.17, 15) is 19.5 Å². The Labute approximate surface area is 167 Å². The van der Waals surface area contributed by atoms with Gasteiger partial charge in [-0.05, 0) is 49.2 Å². The number of fused-ring (bicyclic) bond motifs is 1. The molecule has 1 amide bonds. The predicted molar refractivity (Wildman–Crippen MR) is 108 cm³/mol. The summed E-state index contributed by atoms with van der Waals surface area (Å²) in [6.45, 7) is 2.45. The Morgan fingerprint density at radius 2 is 1.93 bits per heavy atom. The lowest BCUT2D eigenvalue weighted by molar-refractivity contribution is -0.141. The van der Waals surface area contributed by atoms with Crippen molar-refractivity contribution >= 4 is 22.9 Å². The molecule has 0 saturated carbocycles. The van der Waals surface area contributed by atoms with Gasteiger partial charge >= 0.3 is 11.7 Å². The van der Waals surface area contributed by atoms with Gasteiger partial charge in [0, 0.05) is 19.2 Å². The number of aryl methyl sites for hydroxylation is 1. The van der Waals surface area contributed by atoms with Crippen molar-refractivity contribution in [2.45, 2.75) is 13.3 Å². The number of aromatic nitrogens is 2. The quantitative estimate of drug-likeness (QED) is 0.538. The molecule has 0 fully saturated rings. The molecule has 8 heteroatoms. The number of aliphatic carboxylic acids is 1. The van der Waals surface area contributed by atoms with E-state index >= 15 is 0 Å². The molecule has 1 atom stereocenters. The van der Waals surface area contributed by atoms with Crippen LogP contribution < -0.4 is 15.7 Å². The second-order valence-corrected chi connectivity index (χ2v) is 6.75. The third-order valence-electron chi connectivity index (χ3n) is 4.74. The molecule has 3 aromatic rings. The van der Waals surface area contributed by atoms with Crippen LogP contribution >= 0.6 is 0 Å². The summed E-state index contributed by atoms with van der Waals surface area (Å²) in [5.74, 6) is -1.41. The van der Waals surface area contributed by atoms with Crippen molar-refractivity contribution in [2.75, 3.05) is 13.2 Å². The number of carboxylic acid groups (broad SMARTS) is 1. The number of nitrogens with one attached hydrogen (secondary N) is 2. The first kappa shape index (κ1) is 20.2. The number of nitrogens with zero attached hydrogens (tertiary/aromatic N) is 1. The number of benzene rings is 2. The molecular weight excluding hydrogens is 374 g/mol.